The van der Waals surface area contributed by atoms with Gasteiger partial charge in [-0.15, -0.1) is 0 Å². The molecule has 0 aromatic rings. The summed E-state index contributed by atoms with van der Waals surface area (Å²) in [4.78, 5) is 0. The van der Waals surface area contributed by atoms with Gasteiger partial charge in [0.2, 0.25) is 0 Å². The van der Waals surface area contributed by atoms with E-state index in [4.69, 9.17) is 4.74 Å². The van der Waals surface area contributed by atoms with Crippen molar-refractivity contribution >= 4 is 0 Å². The van der Waals surface area contributed by atoms with E-state index in [0.29, 0.717) is 5.41 Å². The summed E-state index contributed by atoms with van der Waals surface area (Å²) in [5.74, 6) is 0.764. The predicted octanol–water partition coefficient (Wildman–Crippen LogP) is 2.44. The molecule has 0 saturated carbocycles. The normalized spacial score (nSPS) is 19.7. The smallest absolute Gasteiger partial charge is 0.0472 e. The molecule has 1 fully saturated rings. The molecule has 0 bridgehead atoms. The summed E-state index contributed by atoms with van der Waals surface area (Å²) >= 11 is 0. The minimum atomic E-state index is 0.567. The van der Waals surface area contributed by atoms with E-state index in [0.717, 1.165) is 19.1 Å². The molecule has 0 radical (unpaired) electrons. The lowest BCUT2D eigenvalue weighted by molar-refractivity contribution is 0.0586. The lowest BCUT2D eigenvalue weighted by atomic mass is 9.76. The fourth-order valence-electron chi connectivity index (χ4n) is 1.79. The van der Waals surface area contributed by atoms with E-state index in [1.807, 2.05) is 0 Å². The largest absolute Gasteiger partial charge is 0.381 e. The molecule has 1 saturated heterocycles. The van der Waals surface area contributed by atoms with Gasteiger partial charge in [-0.05, 0) is 30.6 Å². The van der Waals surface area contributed by atoms with Crippen LogP contribution in [0.3, 0.4) is 0 Å². The Morgan fingerprint density at radius 2 is 2.00 bits per heavy atom. The summed E-state index contributed by atoms with van der Waals surface area (Å²) in [5, 5.41) is 3.36. The molecular weight excluding hydrogens is 174 g/mol. The lowest BCUT2D eigenvalue weighted by Crippen LogP contribution is -2.53. The van der Waals surface area contributed by atoms with Crippen LogP contribution in [0.15, 0.2) is 0 Å². The maximum Gasteiger partial charge on any atom is 0.0472 e. The van der Waals surface area contributed by atoms with Gasteiger partial charge in [0.05, 0.1) is 0 Å². The van der Waals surface area contributed by atoms with Gasteiger partial charge in [-0.25, -0.2) is 0 Å². The summed E-state index contributed by atoms with van der Waals surface area (Å²) in [7, 11) is 0. The number of nitrogens with one attached hydrogen (secondary N) is 1. The van der Waals surface area contributed by atoms with Crippen molar-refractivity contribution < 1.29 is 4.74 Å². The van der Waals surface area contributed by atoms with Crippen LogP contribution in [0.5, 0.6) is 0 Å². The summed E-state index contributed by atoms with van der Waals surface area (Å²) in [6.45, 7) is 11.0. The third-order valence-electron chi connectivity index (χ3n) is 3.37. The zero-order valence-electron chi connectivity index (χ0n) is 9.94. The SMILES string of the molecule is CCC1(CCOCCC(C)C)CNC1. The average Bonchev–Trinajstić information content (AvgIpc) is 2.08. The van der Waals surface area contributed by atoms with Gasteiger partial charge < -0.3 is 10.1 Å². The first kappa shape index (κ1) is 12.0. The Labute approximate surface area is 88.4 Å². The van der Waals surface area contributed by atoms with Crippen molar-refractivity contribution in [1.29, 1.82) is 0 Å². The van der Waals surface area contributed by atoms with E-state index in [1.54, 1.807) is 0 Å². The highest BCUT2D eigenvalue weighted by molar-refractivity contribution is 4.90. The summed E-state index contributed by atoms with van der Waals surface area (Å²) in [6, 6.07) is 0. The van der Waals surface area contributed by atoms with E-state index < -0.39 is 0 Å². The molecule has 2 nitrogen and oxygen atoms in total. The highest BCUT2D eigenvalue weighted by atomic mass is 16.5. The van der Waals surface area contributed by atoms with Crippen molar-refractivity contribution in [3.05, 3.63) is 0 Å². The van der Waals surface area contributed by atoms with E-state index in [2.05, 4.69) is 26.1 Å². The highest BCUT2D eigenvalue weighted by Crippen LogP contribution is 2.30. The molecule has 1 aliphatic rings. The molecule has 84 valence electrons. The van der Waals surface area contributed by atoms with Crippen LogP contribution in [0.25, 0.3) is 0 Å². The van der Waals surface area contributed by atoms with Gasteiger partial charge in [0.25, 0.3) is 0 Å². The second-order valence-electron chi connectivity index (χ2n) is 5.00. The van der Waals surface area contributed by atoms with Crippen LogP contribution in [-0.4, -0.2) is 26.3 Å². The Balaban J connectivity index is 1.97. The second-order valence-corrected chi connectivity index (χ2v) is 5.00. The predicted molar refractivity (Wildman–Crippen MR) is 60.5 cm³/mol. The third kappa shape index (κ3) is 3.58. The van der Waals surface area contributed by atoms with Crippen LogP contribution in [-0.2, 0) is 4.74 Å². The number of hydrogen-bond donors (Lipinski definition) is 1. The molecule has 2 heteroatoms. The topological polar surface area (TPSA) is 21.3 Å². The molecule has 1 aliphatic heterocycles. The van der Waals surface area contributed by atoms with Gasteiger partial charge >= 0.3 is 0 Å². The molecule has 1 heterocycles. The Hall–Kier alpha value is -0.0800. The molecular formula is C12H25NO. The maximum absolute atomic E-state index is 5.65. The molecule has 0 unspecified atom stereocenters. The standard InChI is InChI=1S/C12H25NO/c1-4-12(9-13-10-12)6-8-14-7-5-11(2)3/h11,13H,4-10H2,1-3H3. The minimum Gasteiger partial charge on any atom is -0.381 e. The van der Waals surface area contributed by atoms with Gasteiger partial charge in [-0.2, -0.15) is 0 Å². The Morgan fingerprint density at radius 3 is 2.43 bits per heavy atom. The van der Waals surface area contributed by atoms with Gasteiger partial charge in [0, 0.05) is 26.3 Å². The third-order valence-corrected chi connectivity index (χ3v) is 3.37. The van der Waals surface area contributed by atoms with Crippen molar-refractivity contribution in [2.75, 3.05) is 26.3 Å². The maximum atomic E-state index is 5.65. The zero-order valence-corrected chi connectivity index (χ0v) is 9.94. The van der Waals surface area contributed by atoms with E-state index in [1.165, 1.54) is 32.4 Å². The second kappa shape index (κ2) is 5.72. The highest BCUT2D eigenvalue weighted by Gasteiger charge is 2.34. The van der Waals surface area contributed by atoms with Gasteiger partial charge in [-0.3, -0.25) is 0 Å². The lowest BCUT2D eigenvalue weighted by Gasteiger charge is -2.42. The van der Waals surface area contributed by atoms with Crippen LogP contribution in [0, 0.1) is 11.3 Å². The van der Waals surface area contributed by atoms with Crippen molar-refractivity contribution in [3.63, 3.8) is 0 Å². The fourth-order valence-corrected chi connectivity index (χ4v) is 1.79. The molecule has 1 N–H and O–H groups in total. The first-order chi connectivity index (χ1) is 6.68. The van der Waals surface area contributed by atoms with Crippen molar-refractivity contribution in [3.8, 4) is 0 Å². The molecule has 0 aromatic carbocycles. The molecule has 1 rings (SSSR count). The van der Waals surface area contributed by atoms with Crippen LogP contribution < -0.4 is 5.32 Å². The van der Waals surface area contributed by atoms with Crippen molar-refractivity contribution in [2.24, 2.45) is 11.3 Å². The Kier molecular flexibility index (Phi) is 4.90. The van der Waals surface area contributed by atoms with E-state index in [9.17, 15) is 0 Å². The minimum absolute atomic E-state index is 0.567. The molecule has 0 spiro atoms. The van der Waals surface area contributed by atoms with Crippen molar-refractivity contribution in [1.82, 2.24) is 5.32 Å². The van der Waals surface area contributed by atoms with Gasteiger partial charge in [0.15, 0.2) is 0 Å². The quantitative estimate of drug-likeness (QED) is 0.636. The summed E-state index contributed by atoms with van der Waals surface area (Å²) in [6.07, 6.45) is 3.71. The Bertz CT molecular complexity index is 147. The van der Waals surface area contributed by atoms with Gasteiger partial charge in [-0.1, -0.05) is 20.8 Å². The molecule has 0 aromatic heterocycles. The number of ether oxygens (including phenoxy) is 1. The van der Waals surface area contributed by atoms with E-state index >= 15 is 0 Å². The van der Waals surface area contributed by atoms with Crippen LogP contribution in [0.2, 0.25) is 0 Å². The van der Waals surface area contributed by atoms with Crippen LogP contribution in [0.1, 0.15) is 40.0 Å². The van der Waals surface area contributed by atoms with E-state index in [-0.39, 0.29) is 0 Å². The van der Waals surface area contributed by atoms with Crippen molar-refractivity contribution in [2.45, 2.75) is 40.0 Å². The average molecular weight is 199 g/mol. The molecule has 0 atom stereocenters. The van der Waals surface area contributed by atoms with Gasteiger partial charge in [0.1, 0.15) is 0 Å². The van der Waals surface area contributed by atoms with Crippen LogP contribution >= 0.6 is 0 Å². The molecule has 0 amide bonds. The van der Waals surface area contributed by atoms with Crippen LogP contribution in [0.4, 0.5) is 0 Å². The first-order valence-corrected chi connectivity index (χ1v) is 5.97. The first-order valence-electron chi connectivity index (χ1n) is 5.97. The monoisotopic (exact) mass is 199 g/mol. The number of hydrogen-bond acceptors (Lipinski definition) is 2. The fraction of sp³-hybridized carbons (Fsp3) is 1.00. The Morgan fingerprint density at radius 1 is 1.29 bits per heavy atom. The molecule has 0 aliphatic carbocycles. The summed E-state index contributed by atoms with van der Waals surface area (Å²) in [5.41, 5.74) is 0.567. The molecule has 14 heavy (non-hydrogen) atoms. The zero-order chi connectivity index (χ0) is 10.4. The number of rotatable bonds is 7. The summed E-state index contributed by atoms with van der Waals surface area (Å²) < 4.78 is 5.65.